The maximum atomic E-state index is 10.2. The molecule has 0 aromatic carbocycles. The fourth-order valence-electron chi connectivity index (χ4n) is 1.50. The monoisotopic (exact) mass is 618 g/mol. The van der Waals surface area contributed by atoms with Gasteiger partial charge in [0.1, 0.15) is 30.2 Å². The zero-order valence-electron chi connectivity index (χ0n) is 24.7. The number of hydrogen-bond donors (Lipinski definition) is 13. The normalized spacial score (nSPS) is 15.6. The largest absolute Gasteiger partial charge is 0.480 e. The average molecular weight is 619 g/mol. The van der Waals surface area contributed by atoms with Crippen molar-refractivity contribution in [1.29, 1.82) is 0 Å². The van der Waals surface area contributed by atoms with Gasteiger partial charge in [0, 0.05) is 0 Å². The van der Waals surface area contributed by atoms with E-state index in [4.69, 9.17) is 64.4 Å². The summed E-state index contributed by atoms with van der Waals surface area (Å²) in [6.07, 6.45) is -1.46. The Hall–Kier alpha value is -3.46. The highest BCUT2D eigenvalue weighted by Gasteiger charge is 2.18. The van der Waals surface area contributed by atoms with E-state index in [1.54, 1.807) is 13.8 Å². The molecule has 0 saturated carbocycles. The van der Waals surface area contributed by atoms with Gasteiger partial charge < -0.3 is 70.1 Å². The Morgan fingerprint density at radius 1 is 0.548 bits per heavy atom. The van der Waals surface area contributed by atoms with Crippen LogP contribution < -0.4 is 34.4 Å². The summed E-state index contributed by atoms with van der Waals surface area (Å²) in [4.78, 5) is 59.8. The number of carboxylic acids is 5. The maximum absolute atomic E-state index is 10.2. The third-order valence-corrected chi connectivity index (χ3v) is 4.89. The lowest BCUT2D eigenvalue weighted by Crippen LogP contribution is -2.39. The minimum Gasteiger partial charge on any atom is -0.480 e. The third kappa shape index (κ3) is 31.1. The van der Waals surface area contributed by atoms with E-state index in [1.165, 1.54) is 13.8 Å². The van der Waals surface area contributed by atoms with E-state index in [1.807, 2.05) is 13.8 Å². The van der Waals surface area contributed by atoms with Gasteiger partial charge in [0.15, 0.2) is 0 Å². The zero-order valence-corrected chi connectivity index (χ0v) is 24.7. The van der Waals surface area contributed by atoms with Gasteiger partial charge in [0.2, 0.25) is 5.91 Å². The molecule has 0 heterocycles. The molecule has 0 aromatic rings. The second-order valence-electron chi connectivity index (χ2n) is 9.18. The predicted octanol–water partition coefficient (Wildman–Crippen LogP) is -3.67. The highest BCUT2D eigenvalue weighted by molar-refractivity contribution is 5.83. The number of carbonyl (C=O) groups is 6. The van der Waals surface area contributed by atoms with Crippen molar-refractivity contribution >= 4 is 35.8 Å². The standard InChI is InChI=1S/C6H13NO2.C5H11NO2.C4H8N2O3.2C4H9NO3/c1-3-4(2)5(7)6(8)9;1-3(2)4(6)5(7)8;5-2(4(8)9)1-3(6)7;2*1-2(6)3(5)4(7)8/h4-5H,3,7H2,1-2H3,(H,8,9);3-4H,6H2,1-2H3,(H,7,8);2H,1,5H2,(H2,6,7)(H,8,9);2*2-3,6H,5H2,1H3,(H,7,8). The molecule has 0 aromatic heterocycles. The topological polar surface area (TPSA) is 400 Å². The van der Waals surface area contributed by atoms with Crippen LogP contribution in [0.3, 0.4) is 0 Å². The number of amides is 1. The first-order valence-electron chi connectivity index (χ1n) is 12.4. The van der Waals surface area contributed by atoms with Crippen LogP contribution in [0.15, 0.2) is 0 Å². The Bertz CT molecular complexity index is 755. The number of carbonyl (C=O) groups excluding carboxylic acids is 1. The summed E-state index contributed by atoms with van der Waals surface area (Å²) in [5.41, 5.74) is 29.8. The number of primary amides is 1. The van der Waals surface area contributed by atoms with Gasteiger partial charge >= 0.3 is 29.8 Å². The molecule has 42 heavy (non-hydrogen) atoms. The lowest BCUT2D eigenvalue weighted by molar-refractivity contribution is -0.141. The summed E-state index contributed by atoms with van der Waals surface area (Å²) in [5.74, 6) is -6.03. The summed E-state index contributed by atoms with van der Waals surface area (Å²) in [6.45, 7) is 9.97. The van der Waals surface area contributed by atoms with E-state index in [9.17, 15) is 28.8 Å². The van der Waals surface area contributed by atoms with E-state index in [0.717, 1.165) is 6.42 Å². The molecule has 19 N–H and O–H groups in total. The summed E-state index contributed by atoms with van der Waals surface area (Å²) < 4.78 is 0. The van der Waals surface area contributed by atoms with E-state index in [2.05, 4.69) is 5.73 Å². The molecule has 250 valence electrons. The van der Waals surface area contributed by atoms with Crippen LogP contribution in [0.2, 0.25) is 0 Å². The fraction of sp³-hybridized carbons (Fsp3) is 0.739. The van der Waals surface area contributed by atoms with Gasteiger partial charge in [-0.05, 0) is 25.7 Å². The molecule has 0 spiro atoms. The van der Waals surface area contributed by atoms with Crippen molar-refractivity contribution in [3.63, 3.8) is 0 Å². The maximum Gasteiger partial charge on any atom is 0.323 e. The molecule has 0 fully saturated rings. The van der Waals surface area contributed by atoms with Crippen LogP contribution in [0, 0.1) is 11.8 Å². The lowest BCUT2D eigenvalue weighted by atomic mass is 10.0. The van der Waals surface area contributed by atoms with Crippen LogP contribution in [-0.4, -0.2) is 114 Å². The number of aliphatic hydroxyl groups is 2. The smallest absolute Gasteiger partial charge is 0.323 e. The first-order valence-corrected chi connectivity index (χ1v) is 12.4. The van der Waals surface area contributed by atoms with Gasteiger partial charge in [-0.1, -0.05) is 34.1 Å². The SMILES string of the molecule is CC(C)C(N)C(=O)O.CC(O)C(N)C(=O)O.CC(O)C(N)C(=O)O.CCC(C)C(N)C(=O)O.NC(=O)CC(N)C(=O)O. The van der Waals surface area contributed by atoms with Crippen molar-refractivity contribution in [2.75, 3.05) is 0 Å². The number of aliphatic carboxylic acids is 5. The Balaban J connectivity index is -0.000000136. The van der Waals surface area contributed by atoms with Crippen molar-refractivity contribution in [3.8, 4) is 0 Å². The van der Waals surface area contributed by atoms with Crippen LogP contribution in [-0.2, 0) is 28.8 Å². The number of hydrogen-bond acceptors (Lipinski definition) is 13. The van der Waals surface area contributed by atoms with E-state index >= 15 is 0 Å². The molecule has 8 atom stereocenters. The Labute approximate surface area is 243 Å². The Morgan fingerprint density at radius 3 is 0.881 bits per heavy atom. The van der Waals surface area contributed by atoms with Gasteiger partial charge in [0.25, 0.3) is 0 Å². The molecular formula is C23H50N6O13. The van der Waals surface area contributed by atoms with E-state index in [-0.39, 0.29) is 18.3 Å². The fourth-order valence-corrected chi connectivity index (χ4v) is 1.50. The summed E-state index contributed by atoms with van der Waals surface area (Å²) >= 11 is 0. The van der Waals surface area contributed by atoms with Crippen molar-refractivity contribution in [2.24, 2.45) is 46.2 Å². The van der Waals surface area contributed by atoms with Crippen molar-refractivity contribution < 1.29 is 64.5 Å². The molecule has 0 aliphatic heterocycles. The van der Waals surface area contributed by atoms with Crippen molar-refractivity contribution in [3.05, 3.63) is 0 Å². The zero-order chi connectivity index (χ0) is 35.1. The number of carboxylic acid groups (broad SMARTS) is 5. The molecule has 1 amide bonds. The quantitative estimate of drug-likeness (QED) is 0.100. The molecular weight excluding hydrogens is 568 g/mol. The summed E-state index contributed by atoms with van der Waals surface area (Å²) in [5, 5.41) is 57.8. The molecule has 19 heteroatoms. The van der Waals surface area contributed by atoms with Gasteiger partial charge in [-0.15, -0.1) is 0 Å². The number of nitrogens with two attached hydrogens (primary N) is 6. The highest BCUT2D eigenvalue weighted by Crippen LogP contribution is 2.04. The van der Waals surface area contributed by atoms with Gasteiger partial charge in [0.05, 0.1) is 18.6 Å². The minimum atomic E-state index is -1.21. The van der Waals surface area contributed by atoms with E-state index in [0.29, 0.717) is 0 Å². The molecule has 0 aliphatic rings. The van der Waals surface area contributed by atoms with Gasteiger partial charge in [-0.25, -0.2) is 0 Å². The van der Waals surface area contributed by atoms with E-state index < -0.39 is 78.2 Å². The van der Waals surface area contributed by atoms with Gasteiger partial charge in [-0.3, -0.25) is 28.8 Å². The molecule has 0 saturated heterocycles. The summed E-state index contributed by atoms with van der Waals surface area (Å²) in [6, 6.07) is -4.89. The average Bonchev–Trinajstić information content (AvgIpc) is 2.86. The minimum absolute atomic E-state index is 0.0208. The third-order valence-electron chi connectivity index (χ3n) is 4.89. The Kier molecular flexibility index (Phi) is 30.4. The second-order valence-corrected chi connectivity index (χ2v) is 9.18. The molecule has 0 bridgehead atoms. The first-order chi connectivity index (χ1) is 18.8. The van der Waals surface area contributed by atoms with Crippen molar-refractivity contribution in [2.45, 2.75) is 96.8 Å². The first kappa shape index (κ1) is 48.3. The number of aliphatic hydroxyl groups excluding tert-OH is 2. The molecule has 0 rings (SSSR count). The van der Waals surface area contributed by atoms with Gasteiger partial charge in [-0.2, -0.15) is 0 Å². The highest BCUT2D eigenvalue weighted by atomic mass is 16.4. The molecule has 8 unspecified atom stereocenters. The molecule has 19 nitrogen and oxygen atoms in total. The second kappa shape index (κ2) is 26.4. The van der Waals surface area contributed by atoms with Crippen LogP contribution in [0.5, 0.6) is 0 Å². The molecule has 0 aliphatic carbocycles. The predicted molar refractivity (Wildman–Crippen MR) is 150 cm³/mol. The van der Waals surface area contributed by atoms with Crippen LogP contribution in [0.1, 0.15) is 54.4 Å². The molecule has 0 radical (unpaired) electrons. The van der Waals surface area contributed by atoms with Crippen molar-refractivity contribution in [1.82, 2.24) is 0 Å². The number of rotatable bonds is 12. The lowest BCUT2D eigenvalue weighted by Gasteiger charge is -2.11. The van der Waals surface area contributed by atoms with Crippen LogP contribution in [0.25, 0.3) is 0 Å². The summed E-state index contributed by atoms with van der Waals surface area (Å²) in [7, 11) is 0. The van der Waals surface area contributed by atoms with Crippen LogP contribution >= 0.6 is 0 Å². The van der Waals surface area contributed by atoms with Crippen LogP contribution in [0.4, 0.5) is 0 Å². The Morgan fingerprint density at radius 2 is 0.833 bits per heavy atom.